The molecule has 0 atom stereocenters. The van der Waals surface area contributed by atoms with E-state index in [2.05, 4.69) is 83.1 Å². The first-order valence-corrected chi connectivity index (χ1v) is 11.0. The van der Waals surface area contributed by atoms with Gasteiger partial charge in [-0.25, -0.2) is 4.57 Å². The monoisotopic (exact) mass is 409 g/mol. The van der Waals surface area contributed by atoms with E-state index in [1.54, 1.807) is 12.3 Å². The van der Waals surface area contributed by atoms with Gasteiger partial charge in [0, 0.05) is 26.7 Å². The van der Waals surface area contributed by atoms with Gasteiger partial charge in [0.25, 0.3) is 0 Å². The molecule has 1 aliphatic carbocycles. The zero-order valence-electron chi connectivity index (χ0n) is 22.3. The maximum Gasteiger partial charge on any atom is 0.212 e. The van der Waals surface area contributed by atoms with Crippen molar-refractivity contribution in [3.05, 3.63) is 89.1 Å². The quantitative estimate of drug-likeness (QED) is 0.293. The Hall–Kier alpha value is -2.93. The molecular weight excluding hydrogens is 374 g/mol. The van der Waals surface area contributed by atoms with Crippen LogP contribution < -0.4 is 4.57 Å². The molecule has 0 saturated heterocycles. The van der Waals surface area contributed by atoms with Gasteiger partial charge >= 0.3 is 0 Å². The SMILES string of the molecule is [2H]C([2H])([2H])c1ccc(-c2ccc3c(c2C)C(C)(C)C(C)(C)c2c-3ccc3ccccc23)[n+](C)c1. The fraction of sp³-hybridized carbons (Fsp3) is 0.300. The zero-order valence-corrected chi connectivity index (χ0v) is 19.3. The van der Waals surface area contributed by atoms with Gasteiger partial charge in [0.1, 0.15) is 7.05 Å². The molecule has 0 fully saturated rings. The molecule has 4 aromatic rings. The summed E-state index contributed by atoms with van der Waals surface area (Å²) in [6.45, 7) is 9.59. The Morgan fingerprint density at radius 3 is 2.13 bits per heavy atom. The van der Waals surface area contributed by atoms with Crippen LogP contribution in [0.2, 0.25) is 0 Å². The topological polar surface area (TPSA) is 3.88 Å². The van der Waals surface area contributed by atoms with Crippen LogP contribution in [-0.4, -0.2) is 0 Å². The van der Waals surface area contributed by atoms with Gasteiger partial charge in [0.05, 0.1) is 0 Å². The lowest BCUT2D eigenvalue weighted by Crippen LogP contribution is -2.44. The van der Waals surface area contributed by atoms with Crippen LogP contribution in [0.5, 0.6) is 0 Å². The second-order valence-electron chi connectivity index (χ2n) is 10.0. The van der Waals surface area contributed by atoms with Crippen molar-refractivity contribution in [2.45, 2.75) is 52.3 Å². The molecule has 0 unspecified atom stereocenters. The van der Waals surface area contributed by atoms with E-state index in [1.165, 1.54) is 38.6 Å². The molecule has 0 saturated carbocycles. The molecule has 1 aliphatic rings. The van der Waals surface area contributed by atoms with Gasteiger partial charge in [-0.3, -0.25) is 0 Å². The Morgan fingerprint density at radius 1 is 0.742 bits per heavy atom. The van der Waals surface area contributed by atoms with Gasteiger partial charge in [-0.2, -0.15) is 0 Å². The van der Waals surface area contributed by atoms with E-state index in [1.807, 2.05) is 17.7 Å². The first-order valence-electron chi connectivity index (χ1n) is 12.5. The number of aromatic nitrogens is 1. The summed E-state index contributed by atoms with van der Waals surface area (Å²) in [6, 6.07) is 21.4. The molecule has 1 aromatic heterocycles. The summed E-state index contributed by atoms with van der Waals surface area (Å²) in [6.07, 6.45) is 1.73. The number of nitrogens with zero attached hydrogens (tertiary/aromatic N) is 1. The van der Waals surface area contributed by atoms with E-state index in [-0.39, 0.29) is 10.8 Å². The van der Waals surface area contributed by atoms with E-state index >= 15 is 0 Å². The normalized spacial score (nSPS) is 17.9. The molecule has 5 rings (SSSR count). The number of pyridine rings is 1. The largest absolute Gasteiger partial charge is 0.212 e. The van der Waals surface area contributed by atoms with Crippen LogP contribution in [0.25, 0.3) is 33.2 Å². The lowest BCUT2D eigenvalue weighted by Gasteiger charge is -2.49. The summed E-state index contributed by atoms with van der Waals surface area (Å²) < 4.78 is 25.2. The second kappa shape index (κ2) is 6.53. The van der Waals surface area contributed by atoms with Gasteiger partial charge in [-0.15, -0.1) is 0 Å². The van der Waals surface area contributed by atoms with Crippen LogP contribution in [0.15, 0.2) is 66.9 Å². The molecule has 0 N–H and O–H groups in total. The Kier molecular flexibility index (Phi) is 3.52. The summed E-state index contributed by atoms with van der Waals surface area (Å²) in [5.74, 6) is 0. The summed E-state index contributed by atoms with van der Waals surface area (Å²) in [5.41, 5.74) is 8.98. The average molecular weight is 410 g/mol. The standard InChI is InChI=1S/C30H32N/c1-19-12-17-26(31(7)18-19)22-15-16-24-25-14-13-21-10-8-9-11-23(21)28(25)30(5,6)29(3,4)27(24)20(22)2/h8-18H,1-7H3/q+1/i1D3. The molecule has 0 amide bonds. The highest BCUT2D eigenvalue weighted by Crippen LogP contribution is 2.57. The zero-order chi connectivity index (χ0) is 24.6. The summed E-state index contributed by atoms with van der Waals surface area (Å²) >= 11 is 0. The number of rotatable bonds is 1. The van der Waals surface area contributed by atoms with Gasteiger partial charge in [-0.05, 0) is 69.9 Å². The molecule has 3 aromatic carbocycles. The van der Waals surface area contributed by atoms with Gasteiger partial charge in [0.15, 0.2) is 6.20 Å². The number of aryl methyl sites for hydroxylation is 2. The second-order valence-corrected chi connectivity index (χ2v) is 10.0. The van der Waals surface area contributed by atoms with Crippen LogP contribution in [0.1, 0.15) is 54.1 Å². The molecule has 0 bridgehead atoms. The lowest BCUT2D eigenvalue weighted by molar-refractivity contribution is -0.660. The Bertz CT molecular complexity index is 1460. The maximum atomic E-state index is 7.75. The molecule has 0 radical (unpaired) electrons. The van der Waals surface area contributed by atoms with Crippen LogP contribution >= 0.6 is 0 Å². The Labute approximate surface area is 190 Å². The molecular formula is C30H32N+. The van der Waals surface area contributed by atoms with E-state index in [0.717, 1.165) is 11.3 Å². The highest BCUT2D eigenvalue weighted by atomic mass is 14.9. The highest BCUT2D eigenvalue weighted by Gasteiger charge is 2.47. The lowest BCUT2D eigenvalue weighted by atomic mass is 9.54. The van der Waals surface area contributed by atoms with Crippen LogP contribution in [0.4, 0.5) is 0 Å². The smallest absolute Gasteiger partial charge is 0.201 e. The predicted molar refractivity (Wildman–Crippen MR) is 132 cm³/mol. The van der Waals surface area contributed by atoms with Gasteiger partial charge in [0.2, 0.25) is 5.69 Å². The third-order valence-corrected chi connectivity index (χ3v) is 7.91. The number of fused-ring (bicyclic) bond motifs is 5. The van der Waals surface area contributed by atoms with Crippen LogP contribution in [0, 0.1) is 13.8 Å². The van der Waals surface area contributed by atoms with Crippen molar-refractivity contribution < 1.29 is 8.68 Å². The van der Waals surface area contributed by atoms with Crippen molar-refractivity contribution in [2.75, 3.05) is 0 Å². The molecule has 1 heteroatoms. The molecule has 1 heterocycles. The van der Waals surface area contributed by atoms with Crippen molar-refractivity contribution in [2.24, 2.45) is 7.05 Å². The van der Waals surface area contributed by atoms with Crippen molar-refractivity contribution in [1.82, 2.24) is 0 Å². The Morgan fingerprint density at radius 2 is 1.39 bits per heavy atom. The minimum atomic E-state index is -2.11. The van der Waals surface area contributed by atoms with E-state index in [4.69, 9.17) is 4.11 Å². The fourth-order valence-electron chi connectivity index (χ4n) is 5.70. The van der Waals surface area contributed by atoms with Crippen molar-refractivity contribution >= 4 is 10.8 Å². The highest BCUT2D eigenvalue weighted by molar-refractivity contribution is 5.96. The first-order chi connectivity index (χ1) is 15.9. The number of hydrogen-bond acceptors (Lipinski definition) is 0. The minimum absolute atomic E-state index is 0.0904. The van der Waals surface area contributed by atoms with Crippen molar-refractivity contribution in [3.8, 4) is 22.4 Å². The molecule has 156 valence electrons. The van der Waals surface area contributed by atoms with E-state index in [0.29, 0.717) is 5.56 Å². The van der Waals surface area contributed by atoms with Crippen molar-refractivity contribution in [3.63, 3.8) is 0 Å². The summed E-state index contributed by atoms with van der Waals surface area (Å²) in [5, 5.41) is 2.61. The third kappa shape index (κ3) is 2.65. The third-order valence-electron chi connectivity index (χ3n) is 7.91. The van der Waals surface area contributed by atoms with Crippen LogP contribution in [-0.2, 0) is 17.9 Å². The molecule has 0 spiro atoms. The first kappa shape index (κ1) is 16.7. The van der Waals surface area contributed by atoms with Crippen LogP contribution in [0.3, 0.4) is 0 Å². The summed E-state index contributed by atoms with van der Waals surface area (Å²) in [7, 11) is 1.93. The van der Waals surface area contributed by atoms with E-state index < -0.39 is 6.85 Å². The Balaban J connectivity index is 1.80. The molecule has 0 aliphatic heterocycles. The fourth-order valence-corrected chi connectivity index (χ4v) is 5.70. The minimum Gasteiger partial charge on any atom is -0.201 e. The number of benzene rings is 3. The van der Waals surface area contributed by atoms with E-state index in [9.17, 15) is 0 Å². The molecule has 1 nitrogen and oxygen atoms in total. The predicted octanol–water partition coefficient (Wildman–Crippen LogP) is 7.18. The number of hydrogen-bond donors (Lipinski definition) is 0. The maximum absolute atomic E-state index is 7.75. The molecule has 31 heavy (non-hydrogen) atoms. The van der Waals surface area contributed by atoms with Crippen molar-refractivity contribution in [1.29, 1.82) is 0 Å². The average Bonchev–Trinajstić information content (AvgIpc) is 2.76. The summed E-state index contributed by atoms with van der Waals surface area (Å²) in [4.78, 5) is 0. The van der Waals surface area contributed by atoms with Gasteiger partial charge in [-0.1, -0.05) is 70.2 Å². The van der Waals surface area contributed by atoms with Gasteiger partial charge < -0.3 is 0 Å².